The lowest BCUT2D eigenvalue weighted by atomic mass is 10.3. The second kappa shape index (κ2) is 16.6. The van der Waals surface area contributed by atoms with Crippen molar-refractivity contribution in [1.82, 2.24) is 5.32 Å². The zero-order chi connectivity index (χ0) is 16.6. The Hall–Kier alpha value is -0.500. The normalized spacial score (nSPS) is 13.8. The van der Waals surface area contributed by atoms with Gasteiger partial charge in [-0.15, -0.1) is 0 Å². The van der Waals surface area contributed by atoms with Gasteiger partial charge in [-0.3, -0.25) is 13.8 Å². The molecule has 1 amide bonds. The summed E-state index contributed by atoms with van der Waals surface area (Å²) in [5, 5.41) is 11.3. The van der Waals surface area contributed by atoms with E-state index in [9.17, 15) is 9.36 Å². The zero-order valence-electron chi connectivity index (χ0n) is 13.0. The lowest BCUT2D eigenvalue weighted by Crippen LogP contribution is -2.41. The highest BCUT2D eigenvalue weighted by Gasteiger charge is 2.21. The lowest BCUT2D eigenvalue weighted by Gasteiger charge is -2.17. The van der Waals surface area contributed by atoms with Gasteiger partial charge >= 0.3 is 7.82 Å². The third-order valence-electron chi connectivity index (χ3n) is 1.63. The van der Waals surface area contributed by atoms with Crippen LogP contribution in [-0.4, -0.2) is 48.8 Å². The van der Waals surface area contributed by atoms with Crippen LogP contribution in [0, 0.1) is 0 Å². The van der Waals surface area contributed by atoms with Crippen LogP contribution >= 0.6 is 7.82 Å². The van der Waals surface area contributed by atoms with Gasteiger partial charge in [0.15, 0.2) is 0 Å². The molecule has 0 aromatic carbocycles. The van der Waals surface area contributed by atoms with E-state index in [-0.39, 0.29) is 25.5 Å². The first-order valence-corrected chi connectivity index (χ1v) is 8.08. The summed E-state index contributed by atoms with van der Waals surface area (Å²) in [7, 11) is -3.07. The van der Waals surface area contributed by atoms with Crippen molar-refractivity contribution in [2.24, 2.45) is 5.73 Å². The van der Waals surface area contributed by atoms with E-state index in [1.807, 2.05) is 27.7 Å². The molecule has 0 radical (unpaired) electrons. The molecule has 0 spiro atoms. The van der Waals surface area contributed by atoms with Gasteiger partial charge in [0.1, 0.15) is 0 Å². The fourth-order valence-corrected chi connectivity index (χ4v) is 1.28. The van der Waals surface area contributed by atoms with E-state index in [0.29, 0.717) is 0 Å². The zero-order valence-corrected chi connectivity index (χ0v) is 13.9. The first kappa shape index (κ1) is 24.5. The maximum atomic E-state index is 11.1. The SMILES string of the molecule is CC.CC.COP(=O)(O)OCC(CO)NC(=O)CCN. The van der Waals surface area contributed by atoms with Gasteiger partial charge in [-0.2, -0.15) is 0 Å². The summed E-state index contributed by atoms with van der Waals surface area (Å²) in [6.07, 6.45) is 0.109. The van der Waals surface area contributed by atoms with Gasteiger partial charge in [-0.1, -0.05) is 27.7 Å². The van der Waals surface area contributed by atoms with Crippen LogP contribution in [0.2, 0.25) is 0 Å². The monoisotopic (exact) mass is 316 g/mol. The molecular formula is C11H29N2O6P. The smallest absolute Gasteiger partial charge is 0.394 e. The van der Waals surface area contributed by atoms with Crippen molar-refractivity contribution < 1.29 is 28.4 Å². The minimum atomic E-state index is -4.09. The quantitative estimate of drug-likeness (QED) is 0.483. The van der Waals surface area contributed by atoms with Crippen LogP contribution in [-0.2, 0) is 18.4 Å². The highest BCUT2D eigenvalue weighted by Crippen LogP contribution is 2.41. The highest BCUT2D eigenvalue weighted by atomic mass is 31.2. The number of phosphoric ester groups is 1. The molecule has 0 heterocycles. The van der Waals surface area contributed by atoms with Gasteiger partial charge < -0.3 is 21.1 Å². The molecule has 5 N–H and O–H groups in total. The maximum Gasteiger partial charge on any atom is 0.471 e. The highest BCUT2D eigenvalue weighted by molar-refractivity contribution is 7.47. The molecule has 0 aromatic rings. The van der Waals surface area contributed by atoms with Crippen molar-refractivity contribution in [2.45, 2.75) is 40.2 Å². The van der Waals surface area contributed by atoms with E-state index in [4.69, 9.17) is 15.7 Å². The summed E-state index contributed by atoms with van der Waals surface area (Å²) < 4.78 is 19.6. The largest absolute Gasteiger partial charge is 0.471 e. The van der Waals surface area contributed by atoms with Gasteiger partial charge in [0.25, 0.3) is 0 Å². The van der Waals surface area contributed by atoms with Gasteiger partial charge in [0, 0.05) is 20.1 Å². The van der Waals surface area contributed by atoms with Crippen LogP contribution in [0.4, 0.5) is 0 Å². The topological polar surface area (TPSA) is 131 Å². The van der Waals surface area contributed by atoms with Crippen LogP contribution < -0.4 is 11.1 Å². The molecule has 0 aliphatic rings. The Bertz CT molecular complexity index is 265. The number of nitrogens with one attached hydrogen (secondary N) is 1. The van der Waals surface area contributed by atoms with Crippen LogP contribution in [0.25, 0.3) is 0 Å². The number of aliphatic hydroxyl groups excluding tert-OH is 1. The van der Waals surface area contributed by atoms with Crippen LogP contribution in [0.5, 0.6) is 0 Å². The van der Waals surface area contributed by atoms with Crippen LogP contribution in [0.1, 0.15) is 34.1 Å². The number of aliphatic hydroxyl groups is 1. The molecule has 0 aliphatic heterocycles. The Kier molecular flexibility index (Phi) is 20.3. The van der Waals surface area contributed by atoms with E-state index in [1.165, 1.54) is 0 Å². The Balaban J connectivity index is -0.000000656. The third kappa shape index (κ3) is 15.6. The molecule has 0 fully saturated rings. The predicted octanol–water partition coefficient (Wildman–Crippen LogP) is 0.628. The fourth-order valence-electron chi connectivity index (χ4n) is 0.808. The summed E-state index contributed by atoms with van der Waals surface area (Å²) in [4.78, 5) is 20.0. The molecule has 20 heavy (non-hydrogen) atoms. The number of hydrogen-bond donors (Lipinski definition) is 4. The first-order valence-electron chi connectivity index (χ1n) is 6.58. The number of carbonyl (C=O) groups excluding carboxylic acids is 1. The minimum absolute atomic E-state index is 0.109. The summed E-state index contributed by atoms with van der Waals surface area (Å²) in [6, 6.07) is -0.769. The van der Waals surface area contributed by atoms with E-state index >= 15 is 0 Å². The van der Waals surface area contributed by atoms with Crippen molar-refractivity contribution >= 4 is 13.7 Å². The second-order valence-corrected chi connectivity index (χ2v) is 4.49. The van der Waals surface area contributed by atoms with E-state index in [0.717, 1.165) is 7.11 Å². The first-order chi connectivity index (χ1) is 9.45. The number of phosphoric acid groups is 1. The number of nitrogens with two attached hydrogens (primary N) is 1. The average Bonchev–Trinajstić information content (AvgIpc) is 2.48. The summed E-state index contributed by atoms with van der Waals surface area (Å²) in [6.45, 7) is 7.44. The number of carbonyl (C=O) groups is 1. The Morgan fingerprint density at radius 2 is 1.85 bits per heavy atom. The van der Waals surface area contributed by atoms with Crippen molar-refractivity contribution in [3.8, 4) is 0 Å². The number of rotatable bonds is 8. The number of amides is 1. The van der Waals surface area contributed by atoms with Gasteiger partial charge in [-0.05, 0) is 0 Å². The molecule has 9 heteroatoms. The minimum Gasteiger partial charge on any atom is -0.394 e. The maximum absolute atomic E-state index is 11.1. The molecule has 0 saturated carbocycles. The predicted molar refractivity (Wildman–Crippen MR) is 78.2 cm³/mol. The lowest BCUT2D eigenvalue weighted by molar-refractivity contribution is -0.122. The second-order valence-electron chi connectivity index (χ2n) is 2.93. The molecule has 0 aliphatic carbocycles. The molecule has 124 valence electrons. The van der Waals surface area contributed by atoms with Gasteiger partial charge in [0.2, 0.25) is 5.91 Å². The van der Waals surface area contributed by atoms with Crippen LogP contribution in [0.3, 0.4) is 0 Å². The van der Waals surface area contributed by atoms with E-state index in [2.05, 4.69) is 14.4 Å². The number of hydrogen-bond acceptors (Lipinski definition) is 6. The molecule has 2 unspecified atom stereocenters. The molecular weight excluding hydrogens is 287 g/mol. The molecule has 0 saturated heterocycles. The Morgan fingerprint density at radius 3 is 2.20 bits per heavy atom. The third-order valence-corrected chi connectivity index (χ3v) is 2.56. The molecule has 2 atom stereocenters. The van der Waals surface area contributed by atoms with Gasteiger partial charge in [-0.25, -0.2) is 4.57 Å². The molecule has 0 aromatic heterocycles. The van der Waals surface area contributed by atoms with Gasteiger partial charge in [0.05, 0.1) is 19.3 Å². The van der Waals surface area contributed by atoms with E-state index < -0.39 is 20.5 Å². The van der Waals surface area contributed by atoms with Crippen molar-refractivity contribution in [2.75, 3.05) is 26.9 Å². The average molecular weight is 316 g/mol. The van der Waals surface area contributed by atoms with Crippen LogP contribution in [0.15, 0.2) is 0 Å². The van der Waals surface area contributed by atoms with E-state index in [1.54, 1.807) is 0 Å². The molecule has 0 rings (SSSR count). The summed E-state index contributed by atoms with van der Waals surface area (Å²) in [5.41, 5.74) is 5.15. The van der Waals surface area contributed by atoms with Crippen molar-refractivity contribution in [3.63, 3.8) is 0 Å². The van der Waals surface area contributed by atoms with Crippen molar-refractivity contribution in [3.05, 3.63) is 0 Å². The molecule has 0 bridgehead atoms. The van der Waals surface area contributed by atoms with Crippen molar-refractivity contribution in [1.29, 1.82) is 0 Å². The standard InChI is InChI=1S/C7H17N2O6P.2C2H6/c1-14-16(12,13)15-5-6(4-10)9-7(11)2-3-8;2*1-2/h6,10H,2-5,8H2,1H3,(H,9,11)(H,12,13);2*1-2H3. The fraction of sp³-hybridized carbons (Fsp3) is 0.909. The molecule has 8 nitrogen and oxygen atoms in total. The summed E-state index contributed by atoms with van der Waals surface area (Å²) in [5.74, 6) is -0.365. The Morgan fingerprint density at radius 1 is 1.35 bits per heavy atom. The summed E-state index contributed by atoms with van der Waals surface area (Å²) >= 11 is 0. The Labute approximate surface area is 121 Å².